The van der Waals surface area contributed by atoms with Crippen LogP contribution in [0.15, 0.2) is 12.7 Å². The lowest BCUT2D eigenvalue weighted by atomic mass is 10.8. The highest BCUT2D eigenvalue weighted by Gasteiger charge is 1.79. The van der Waals surface area contributed by atoms with Gasteiger partial charge in [0.2, 0.25) is 0 Å². The molecule has 3 heteroatoms. The third kappa shape index (κ3) is 1300. The molecule has 0 aromatic heterocycles. The Bertz CT molecular complexity index is 125. The molecule has 0 aromatic rings. The van der Waals surface area contributed by atoms with Gasteiger partial charge in [0, 0.05) is 12.5 Å². The van der Waals surface area contributed by atoms with Crippen LogP contribution in [0, 0.1) is 0 Å². The number of sulfone groups is 1. The highest BCUT2D eigenvalue weighted by Crippen LogP contribution is 1.61. The van der Waals surface area contributed by atoms with Crippen molar-refractivity contribution in [1.82, 2.24) is 0 Å². The summed E-state index contributed by atoms with van der Waals surface area (Å²) in [5.41, 5.74) is 0. The smallest absolute Gasteiger partial charge is 0.144 e. The van der Waals surface area contributed by atoms with E-state index < -0.39 is 9.84 Å². The van der Waals surface area contributed by atoms with Gasteiger partial charge in [-0.25, -0.2) is 8.42 Å². The molecule has 0 aliphatic heterocycles. The van der Waals surface area contributed by atoms with Crippen LogP contribution < -0.4 is 0 Å². The second kappa shape index (κ2) is 4.84. The summed E-state index contributed by atoms with van der Waals surface area (Å²) in [5.74, 6) is 0. The minimum absolute atomic E-state index is 1.16. The van der Waals surface area contributed by atoms with Crippen LogP contribution in [0.2, 0.25) is 0 Å². The molecule has 0 saturated heterocycles. The molecule has 2 nitrogen and oxygen atoms in total. The van der Waals surface area contributed by atoms with Gasteiger partial charge in [0.1, 0.15) is 9.84 Å². The predicted molar refractivity (Wildman–Crippen MR) is 36.6 cm³/mol. The van der Waals surface area contributed by atoms with E-state index in [-0.39, 0.29) is 0 Å². The summed E-state index contributed by atoms with van der Waals surface area (Å²) in [4.78, 5) is 0. The predicted octanol–water partition coefficient (Wildman–Crippen LogP) is 0.853. The monoisotopic (exact) mass is 136 g/mol. The number of rotatable bonds is 0. The van der Waals surface area contributed by atoms with Gasteiger partial charge in [-0.15, -0.1) is 6.58 Å². The fourth-order valence-corrected chi connectivity index (χ4v) is 0. The third-order valence-electron chi connectivity index (χ3n) is 0. The molecular weight excluding hydrogens is 124 g/mol. The minimum atomic E-state index is -2.67. The Morgan fingerprint density at radius 1 is 1.38 bits per heavy atom. The molecule has 0 amide bonds. The van der Waals surface area contributed by atoms with Crippen molar-refractivity contribution >= 4 is 9.84 Å². The van der Waals surface area contributed by atoms with Crippen molar-refractivity contribution < 1.29 is 8.42 Å². The Kier molecular flexibility index (Phi) is 6.43. The van der Waals surface area contributed by atoms with Gasteiger partial charge in [-0.2, -0.15) is 0 Å². The van der Waals surface area contributed by atoms with Crippen molar-refractivity contribution in [2.75, 3.05) is 12.5 Å². The van der Waals surface area contributed by atoms with Crippen LogP contribution in [0.4, 0.5) is 0 Å². The standard InChI is InChI=1S/C3H6.C2H6O2S/c1-3-2;1-5(2,3)4/h3H,1H2,2H3;1-2H3. The molecule has 0 aromatic carbocycles. The molecule has 0 rings (SSSR count). The largest absolute Gasteiger partial charge is 0.229 e. The number of hydrogen-bond donors (Lipinski definition) is 0. The molecule has 0 saturated carbocycles. The van der Waals surface area contributed by atoms with E-state index >= 15 is 0 Å². The summed E-state index contributed by atoms with van der Waals surface area (Å²) in [5, 5.41) is 0. The minimum Gasteiger partial charge on any atom is -0.229 e. The van der Waals surface area contributed by atoms with Gasteiger partial charge < -0.3 is 0 Å². The molecule has 0 heterocycles. The topological polar surface area (TPSA) is 34.1 Å². The van der Waals surface area contributed by atoms with Gasteiger partial charge in [-0.3, -0.25) is 0 Å². The Balaban J connectivity index is 0. The average molecular weight is 136 g/mol. The molecule has 50 valence electrons. The molecule has 0 fully saturated rings. The number of allylic oxidation sites excluding steroid dienone is 1. The highest BCUT2D eigenvalue weighted by atomic mass is 32.2. The van der Waals surface area contributed by atoms with E-state index in [4.69, 9.17) is 0 Å². The summed E-state index contributed by atoms with van der Waals surface area (Å²) in [7, 11) is -2.67. The Morgan fingerprint density at radius 3 is 1.38 bits per heavy atom. The zero-order chi connectivity index (χ0) is 7.21. The highest BCUT2D eigenvalue weighted by molar-refractivity contribution is 7.89. The summed E-state index contributed by atoms with van der Waals surface area (Å²) in [6, 6.07) is 0. The maximum absolute atomic E-state index is 9.63. The van der Waals surface area contributed by atoms with Crippen LogP contribution in [0.3, 0.4) is 0 Å². The quantitative estimate of drug-likeness (QED) is 0.463. The van der Waals surface area contributed by atoms with Crippen molar-refractivity contribution in [2.45, 2.75) is 6.92 Å². The maximum atomic E-state index is 9.63. The summed E-state index contributed by atoms with van der Waals surface area (Å²) in [6.07, 6.45) is 4.07. The zero-order valence-corrected chi connectivity index (χ0v) is 6.33. The first-order valence-corrected chi connectivity index (χ1v) is 4.44. The maximum Gasteiger partial charge on any atom is 0.144 e. The average Bonchev–Trinajstić information content (AvgIpc) is 1.27. The van der Waals surface area contributed by atoms with Gasteiger partial charge in [0.05, 0.1) is 0 Å². The first-order valence-electron chi connectivity index (χ1n) is 2.14. The second-order valence-electron chi connectivity index (χ2n) is 1.55. The number of hydrogen-bond acceptors (Lipinski definition) is 2. The van der Waals surface area contributed by atoms with Crippen LogP contribution in [0.1, 0.15) is 6.92 Å². The Hall–Kier alpha value is -0.310. The first kappa shape index (κ1) is 10.6. The van der Waals surface area contributed by atoms with Gasteiger partial charge in [0.15, 0.2) is 0 Å². The van der Waals surface area contributed by atoms with E-state index in [9.17, 15) is 8.42 Å². The first-order chi connectivity index (χ1) is 3.41. The van der Waals surface area contributed by atoms with E-state index in [0.717, 1.165) is 12.5 Å². The summed E-state index contributed by atoms with van der Waals surface area (Å²) in [6.45, 7) is 5.25. The molecule has 8 heavy (non-hydrogen) atoms. The van der Waals surface area contributed by atoms with Crippen molar-refractivity contribution in [3.63, 3.8) is 0 Å². The molecule has 0 N–H and O–H groups in total. The molecule has 0 spiro atoms. The van der Waals surface area contributed by atoms with Crippen molar-refractivity contribution in [3.8, 4) is 0 Å². The van der Waals surface area contributed by atoms with E-state index in [1.165, 1.54) is 0 Å². The van der Waals surface area contributed by atoms with E-state index in [1.54, 1.807) is 6.08 Å². The van der Waals surface area contributed by atoms with Crippen LogP contribution in [-0.4, -0.2) is 20.9 Å². The molecular formula is C5H12O2S. The normalized spacial score (nSPS) is 8.88. The second-order valence-corrected chi connectivity index (χ2v) is 3.84. The lowest BCUT2D eigenvalue weighted by Gasteiger charge is -1.69. The van der Waals surface area contributed by atoms with Crippen LogP contribution >= 0.6 is 0 Å². The van der Waals surface area contributed by atoms with Gasteiger partial charge >= 0.3 is 0 Å². The van der Waals surface area contributed by atoms with Gasteiger partial charge in [0.25, 0.3) is 0 Å². The molecule has 0 atom stereocenters. The SMILES string of the molecule is C=CC.CS(C)(=O)=O. The van der Waals surface area contributed by atoms with E-state index in [2.05, 4.69) is 6.58 Å². The van der Waals surface area contributed by atoms with Crippen LogP contribution in [0.5, 0.6) is 0 Å². The Morgan fingerprint density at radius 2 is 1.38 bits per heavy atom. The molecule has 0 bridgehead atoms. The molecule has 0 aliphatic carbocycles. The third-order valence-corrected chi connectivity index (χ3v) is 0. The summed E-state index contributed by atoms with van der Waals surface area (Å²) < 4.78 is 19.3. The van der Waals surface area contributed by atoms with Gasteiger partial charge in [-0.05, 0) is 6.92 Å². The molecule has 0 radical (unpaired) electrons. The molecule has 0 unspecified atom stereocenters. The fraction of sp³-hybridized carbons (Fsp3) is 0.600. The zero-order valence-electron chi connectivity index (χ0n) is 5.51. The molecule has 0 aliphatic rings. The van der Waals surface area contributed by atoms with Crippen LogP contribution in [0.25, 0.3) is 0 Å². The van der Waals surface area contributed by atoms with E-state index in [0.29, 0.717) is 0 Å². The van der Waals surface area contributed by atoms with Crippen LogP contribution in [-0.2, 0) is 9.84 Å². The lowest BCUT2D eigenvalue weighted by molar-refractivity contribution is 0.607. The van der Waals surface area contributed by atoms with Crippen molar-refractivity contribution in [2.24, 2.45) is 0 Å². The fourth-order valence-electron chi connectivity index (χ4n) is 0. The summed E-state index contributed by atoms with van der Waals surface area (Å²) >= 11 is 0. The van der Waals surface area contributed by atoms with E-state index in [1.807, 2.05) is 6.92 Å². The van der Waals surface area contributed by atoms with Crippen molar-refractivity contribution in [1.29, 1.82) is 0 Å². The van der Waals surface area contributed by atoms with Crippen molar-refractivity contribution in [3.05, 3.63) is 12.7 Å². The Labute approximate surface area is 51.1 Å². The lowest BCUT2D eigenvalue weighted by Crippen LogP contribution is -1.86. The van der Waals surface area contributed by atoms with Gasteiger partial charge in [-0.1, -0.05) is 6.08 Å².